The Morgan fingerprint density at radius 1 is 1.07 bits per heavy atom. The fraction of sp³-hybridized carbons (Fsp3) is 0.227. The molecular formula is C22H23N3O2. The van der Waals surface area contributed by atoms with E-state index in [0.29, 0.717) is 17.7 Å². The summed E-state index contributed by atoms with van der Waals surface area (Å²) in [5, 5.41) is 5.65. The van der Waals surface area contributed by atoms with Crippen molar-refractivity contribution in [2.24, 2.45) is 5.10 Å². The summed E-state index contributed by atoms with van der Waals surface area (Å²) >= 11 is 0. The monoisotopic (exact) mass is 361 g/mol. The van der Waals surface area contributed by atoms with Crippen LogP contribution in [0.1, 0.15) is 24.5 Å². The molecule has 27 heavy (non-hydrogen) atoms. The van der Waals surface area contributed by atoms with Crippen LogP contribution in [0.25, 0.3) is 6.08 Å². The zero-order chi connectivity index (χ0) is 19.6. The first-order chi connectivity index (χ1) is 12.9. The number of Topliss-reactive ketones (excluding diaryl/α,β-unsaturated/α-hetero) is 1. The van der Waals surface area contributed by atoms with Crippen LogP contribution >= 0.6 is 0 Å². The number of rotatable bonds is 5. The molecule has 0 radical (unpaired) electrons. The normalized spacial score (nSPS) is 15.3. The number of hydrazone groups is 1. The molecule has 5 heteroatoms. The van der Waals surface area contributed by atoms with E-state index in [1.54, 1.807) is 13.0 Å². The summed E-state index contributed by atoms with van der Waals surface area (Å²) in [6.07, 6.45) is 2.03. The second kappa shape index (κ2) is 7.58. The van der Waals surface area contributed by atoms with Gasteiger partial charge in [0.25, 0.3) is 5.91 Å². The minimum Gasteiger partial charge on any atom is -0.378 e. The molecule has 2 aromatic rings. The number of carbonyl (C=O) groups excluding carboxylic acids is 2. The molecule has 3 rings (SSSR count). The second-order valence-corrected chi connectivity index (χ2v) is 6.72. The smallest absolute Gasteiger partial charge is 0.281 e. The lowest BCUT2D eigenvalue weighted by molar-refractivity contribution is -0.115. The fourth-order valence-corrected chi connectivity index (χ4v) is 2.81. The van der Waals surface area contributed by atoms with Gasteiger partial charge in [-0.15, -0.1) is 0 Å². The van der Waals surface area contributed by atoms with Crippen molar-refractivity contribution < 1.29 is 9.59 Å². The molecule has 0 unspecified atom stereocenters. The molecule has 0 saturated heterocycles. The van der Waals surface area contributed by atoms with Gasteiger partial charge in [-0.3, -0.25) is 9.59 Å². The number of anilines is 2. The topological polar surface area (TPSA) is 53.0 Å². The van der Waals surface area contributed by atoms with Gasteiger partial charge >= 0.3 is 0 Å². The minimum atomic E-state index is -0.285. The first kappa shape index (κ1) is 18.6. The third-order valence-corrected chi connectivity index (χ3v) is 4.46. The Morgan fingerprint density at radius 2 is 1.70 bits per heavy atom. The van der Waals surface area contributed by atoms with Gasteiger partial charge in [-0.1, -0.05) is 36.8 Å². The molecule has 0 aliphatic carbocycles. The molecule has 0 bridgehead atoms. The quantitative estimate of drug-likeness (QED) is 0.761. The SMILES string of the molecule is CCC(=O)C1=NN(c2ccc(C)cc2)C(=O)/C1=C/c1ccc(N(C)C)cc1. The van der Waals surface area contributed by atoms with Crippen LogP contribution in [-0.4, -0.2) is 31.5 Å². The van der Waals surface area contributed by atoms with Crippen molar-refractivity contribution in [3.63, 3.8) is 0 Å². The molecule has 0 aromatic heterocycles. The van der Waals surface area contributed by atoms with E-state index < -0.39 is 0 Å². The number of nitrogens with zero attached hydrogens (tertiary/aromatic N) is 3. The Labute approximate surface area is 159 Å². The summed E-state index contributed by atoms with van der Waals surface area (Å²) in [7, 11) is 3.94. The maximum atomic E-state index is 13.0. The van der Waals surface area contributed by atoms with Crippen LogP contribution in [0.2, 0.25) is 0 Å². The van der Waals surface area contributed by atoms with E-state index in [1.807, 2.05) is 74.4 Å². The maximum absolute atomic E-state index is 13.0. The Kier molecular flexibility index (Phi) is 5.21. The second-order valence-electron chi connectivity index (χ2n) is 6.72. The number of benzene rings is 2. The fourth-order valence-electron chi connectivity index (χ4n) is 2.81. The van der Waals surface area contributed by atoms with E-state index in [0.717, 1.165) is 16.8 Å². The van der Waals surface area contributed by atoms with E-state index in [1.165, 1.54) is 5.01 Å². The van der Waals surface area contributed by atoms with E-state index in [4.69, 9.17) is 0 Å². The summed E-state index contributed by atoms with van der Waals surface area (Å²) in [6, 6.07) is 15.3. The molecule has 0 N–H and O–H groups in total. The summed E-state index contributed by atoms with van der Waals surface area (Å²) in [5.41, 5.74) is 4.22. The highest BCUT2D eigenvalue weighted by Gasteiger charge is 2.34. The lowest BCUT2D eigenvalue weighted by atomic mass is 10.0. The summed E-state index contributed by atoms with van der Waals surface area (Å²) in [6.45, 7) is 3.75. The van der Waals surface area contributed by atoms with Crippen molar-refractivity contribution in [2.75, 3.05) is 24.0 Å². The van der Waals surface area contributed by atoms with Gasteiger partial charge in [0, 0.05) is 26.2 Å². The highest BCUT2D eigenvalue weighted by Crippen LogP contribution is 2.26. The van der Waals surface area contributed by atoms with Crippen LogP contribution in [-0.2, 0) is 9.59 Å². The molecule has 1 aliphatic rings. The van der Waals surface area contributed by atoms with Gasteiger partial charge in [-0.25, -0.2) is 0 Å². The van der Waals surface area contributed by atoms with Crippen LogP contribution in [0.5, 0.6) is 0 Å². The third-order valence-electron chi connectivity index (χ3n) is 4.46. The zero-order valence-corrected chi connectivity index (χ0v) is 16.1. The molecule has 138 valence electrons. The number of amides is 1. The average Bonchev–Trinajstić information content (AvgIpc) is 2.99. The van der Waals surface area contributed by atoms with Crippen LogP contribution in [0.15, 0.2) is 59.2 Å². The minimum absolute atomic E-state index is 0.144. The van der Waals surface area contributed by atoms with Crippen molar-refractivity contribution in [3.05, 3.63) is 65.2 Å². The summed E-state index contributed by atoms with van der Waals surface area (Å²) in [5.74, 6) is -0.429. The summed E-state index contributed by atoms with van der Waals surface area (Å²) in [4.78, 5) is 27.4. The van der Waals surface area contributed by atoms with Gasteiger partial charge in [-0.2, -0.15) is 10.1 Å². The average molecular weight is 361 g/mol. The van der Waals surface area contributed by atoms with Crippen LogP contribution < -0.4 is 9.91 Å². The molecule has 1 heterocycles. The van der Waals surface area contributed by atoms with Gasteiger partial charge in [0.2, 0.25) is 0 Å². The predicted octanol–water partition coefficient (Wildman–Crippen LogP) is 3.83. The largest absolute Gasteiger partial charge is 0.378 e. The maximum Gasteiger partial charge on any atom is 0.281 e. The molecule has 0 saturated carbocycles. The Hall–Kier alpha value is -3.21. The molecular weight excluding hydrogens is 338 g/mol. The molecule has 5 nitrogen and oxygen atoms in total. The van der Waals surface area contributed by atoms with Crippen molar-refractivity contribution in [3.8, 4) is 0 Å². The molecule has 1 amide bonds. The zero-order valence-electron chi connectivity index (χ0n) is 16.1. The van der Waals surface area contributed by atoms with Crippen molar-refractivity contribution >= 4 is 34.9 Å². The van der Waals surface area contributed by atoms with Gasteiger partial charge < -0.3 is 4.90 Å². The van der Waals surface area contributed by atoms with E-state index in [-0.39, 0.29) is 17.4 Å². The van der Waals surface area contributed by atoms with Crippen molar-refractivity contribution in [1.29, 1.82) is 0 Å². The van der Waals surface area contributed by atoms with E-state index in [9.17, 15) is 9.59 Å². The summed E-state index contributed by atoms with van der Waals surface area (Å²) < 4.78 is 0. The Morgan fingerprint density at radius 3 is 2.26 bits per heavy atom. The molecule has 1 aliphatic heterocycles. The molecule has 2 aromatic carbocycles. The molecule has 0 spiro atoms. The molecule has 0 fully saturated rings. The van der Waals surface area contributed by atoms with E-state index >= 15 is 0 Å². The first-order valence-electron chi connectivity index (χ1n) is 8.93. The lowest BCUT2D eigenvalue weighted by Gasteiger charge is -2.12. The standard InChI is InChI=1S/C22H23N3O2/c1-5-20(26)21-19(14-16-8-12-17(13-9-16)24(3)4)22(27)25(23-21)18-10-6-15(2)7-11-18/h6-14H,5H2,1-4H3/b19-14+. The highest BCUT2D eigenvalue weighted by atomic mass is 16.2. The highest BCUT2D eigenvalue weighted by molar-refractivity contribution is 6.56. The number of hydrogen-bond acceptors (Lipinski definition) is 4. The first-order valence-corrected chi connectivity index (χ1v) is 8.93. The van der Waals surface area contributed by atoms with Crippen LogP contribution in [0.3, 0.4) is 0 Å². The number of aryl methyl sites for hydroxylation is 1. The van der Waals surface area contributed by atoms with Crippen molar-refractivity contribution in [2.45, 2.75) is 20.3 Å². The van der Waals surface area contributed by atoms with E-state index in [2.05, 4.69) is 5.10 Å². The third kappa shape index (κ3) is 3.82. The predicted molar refractivity (Wildman–Crippen MR) is 110 cm³/mol. The van der Waals surface area contributed by atoms with Crippen molar-refractivity contribution in [1.82, 2.24) is 0 Å². The number of carbonyl (C=O) groups is 2. The lowest BCUT2D eigenvalue weighted by Crippen LogP contribution is -2.22. The van der Waals surface area contributed by atoms with Crippen LogP contribution in [0.4, 0.5) is 11.4 Å². The number of ketones is 1. The Bertz CT molecular complexity index is 923. The van der Waals surface area contributed by atoms with Gasteiger partial charge in [0.1, 0.15) is 5.71 Å². The van der Waals surface area contributed by atoms with Gasteiger partial charge in [-0.05, 0) is 42.8 Å². The Balaban J connectivity index is 2.00. The molecule has 0 atom stereocenters. The number of hydrogen-bond donors (Lipinski definition) is 0. The van der Waals surface area contributed by atoms with Gasteiger partial charge in [0.05, 0.1) is 11.3 Å². The van der Waals surface area contributed by atoms with Crippen LogP contribution in [0, 0.1) is 6.92 Å². The van der Waals surface area contributed by atoms with Gasteiger partial charge in [0.15, 0.2) is 5.78 Å².